The first-order valence-electron chi connectivity index (χ1n) is 7.31. The summed E-state index contributed by atoms with van der Waals surface area (Å²) >= 11 is 0. The molecule has 22 heavy (non-hydrogen) atoms. The molecule has 1 aromatic rings. The predicted molar refractivity (Wildman–Crippen MR) is 72.5 cm³/mol. The number of halogens is 4. The van der Waals surface area contributed by atoms with Crippen LogP contribution in [0, 0.1) is 0 Å². The van der Waals surface area contributed by atoms with E-state index in [1.165, 1.54) is 12.3 Å². The molecule has 7 heteroatoms. The normalized spacial score (nSPS) is 34.5. The molecule has 0 saturated heterocycles. The van der Waals surface area contributed by atoms with Crippen LogP contribution in [0.4, 0.5) is 17.6 Å². The molecule has 0 radical (unpaired) electrons. The van der Waals surface area contributed by atoms with Gasteiger partial charge in [-0.3, -0.25) is 0 Å². The number of rotatable bonds is 3. The van der Waals surface area contributed by atoms with Gasteiger partial charge in [0.2, 0.25) is 11.8 Å². The van der Waals surface area contributed by atoms with E-state index in [0.717, 1.165) is 6.92 Å². The van der Waals surface area contributed by atoms with Crippen molar-refractivity contribution in [1.29, 1.82) is 0 Å². The Morgan fingerprint density at radius 3 is 2.77 bits per heavy atom. The van der Waals surface area contributed by atoms with E-state index < -0.39 is 36.3 Å². The summed E-state index contributed by atoms with van der Waals surface area (Å²) in [5.74, 6) is -2.74. The Morgan fingerprint density at radius 1 is 1.50 bits per heavy atom. The number of aromatic nitrogens is 1. The molecule has 2 aliphatic rings. The summed E-state index contributed by atoms with van der Waals surface area (Å²) in [5, 5.41) is 0. The van der Waals surface area contributed by atoms with Crippen LogP contribution >= 0.6 is 0 Å². The fourth-order valence-corrected chi connectivity index (χ4v) is 3.06. The Labute approximate surface area is 125 Å². The molecule has 3 nitrogen and oxygen atoms in total. The molecule has 0 spiro atoms. The smallest absolute Gasteiger partial charge is 0.249 e. The number of hydrogen-bond donors (Lipinski definition) is 1. The number of alkyl halides is 4. The van der Waals surface area contributed by atoms with Crippen LogP contribution in [0.3, 0.4) is 0 Å². The molecule has 2 N–H and O–H groups in total. The fourth-order valence-electron chi connectivity index (χ4n) is 3.06. The summed E-state index contributed by atoms with van der Waals surface area (Å²) in [6.07, 6.45) is -1.34. The summed E-state index contributed by atoms with van der Waals surface area (Å²) in [7, 11) is 0. The van der Waals surface area contributed by atoms with Crippen LogP contribution in [0.15, 0.2) is 12.3 Å². The molecule has 2 heterocycles. The predicted octanol–water partition coefficient (Wildman–Crippen LogP) is 3.27. The Morgan fingerprint density at radius 2 is 2.23 bits per heavy atom. The molecule has 1 aliphatic carbocycles. The second kappa shape index (κ2) is 5.08. The minimum absolute atomic E-state index is 0.0982. The van der Waals surface area contributed by atoms with Crippen molar-refractivity contribution in [3.63, 3.8) is 0 Å². The van der Waals surface area contributed by atoms with Crippen molar-refractivity contribution in [3.8, 4) is 5.88 Å². The summed E-state index contributed by atoms with van der Waals surface area (Å²) < 4.78 is 59.6. The van der Waals surface area contributed by atoms with Crippen LogP contribution in [-0.4, -0.2) is 28.9 Å². The first-order chi connectivity index (χ1) is 10.2. The highest BCUT2D eigenvalue weighted by molar-refractivity contribution is 5.36. The van der Waals surface area contributed by atoms with Gasteiger partial charge >= 0.3 is 0 Å². The van der Waals surface area contributed by atoms with E-state index in [2.05, 4.69) is 4.98 Å². The van der Waals surface area contributed by atoms with E-state index in [1.807, 2.05) is 0 Å². The van der Waals surface area contributed by atoms with Gasteiger partial charge in [0, 0.05) is 30.6 Å². The summed E-state index contributed by atoms with van der Waals surface area (Å²) in [4.78, 5) is 3.98. The molecule has 122 valence electrons. The van der Waals surface area contributed by atoms with Crippen LogP contribution in [0.1, 0.15) is 43.4 Å². The zero-order chi connectivity index (χ0) is 16.1. The monoisotopic (exact) mass is 318 g/mol. The van der Waals surface area contributed by atoms with E-state index in [0.29, 0.717) is 11.1 Å². The van der Waals surface area contributed by atoms with Crippen molar-refractivity contribution < 1.29 is 22.3 Å². The Hall–Kier alpha value is -1.37. The van der Waals surface area contributed by atoms with Crippen LogP contribution in [-0.2, 0) is 6.42 Å². The molecule has 3 rings (SSSR count). The third kappa shape index (κ3) is 2.66. The minimum atomic E-state index is -2.85. The molecular formula is C15H18F4N2O. The number of nitrogens with two attached hydrogens (primary N) is 1. The molecule has 0 aromatic carbocycles. The number of ether oxygens (including phenoxy) is 1. The SMILES string of the molecule is CC(F)(F)Cc1cnc2c(c1)C(N)C[C@@H]([C@@]1(F)CC[C@@H]1F)O2. The molecule has 0 amide bonds. The fraction of sp³-hybridized carbons (Fsp3) is 0.667. The van der Waals surface area contributed by atoms with Gasteiger partial charge in [-0.25, -0.2) is 22.5 Å². The maximum atomic E-state index is 14.5. The van der Waals surface area contributed by atoms with Gasteiger partial charge in [0.05, 0.1) is 0 Å². The first kappa shape index (κ1) is 15.5. The molecule has 1 aliphatic heterocycles. The summed E-state index contributed by atoms with van der Waals surface area (Å²) in [6, 6.07) is 0.909. The lowest BCUT2D eigenvalue weighted by Gasteiger charge is -2.45. The molecule has 0 bridgehead atoms. The van der Waals surface area contributed by atoms with Crippen LogP contribution in [0.2, 0.25) is 0 Å². The lowest BCUT2D eigenvalue weighted by atomic mass is 9.73. The standard InChI is InChI=1S/C15H18F4N2O/c1-14(17,18)6-8-4-9-10(20)5-12(22-13(9)21-7-8)15(19)3-2-11(15)16/h4,7,10-12H,2-3,5-6,20H2,1H3/t10?,11-,12-,15+/m0/s1. The van der Waals surface area contributed by atoms with Gasteiger partial charge in [-0.15, -0.1) is 0 Å². The average Bonchev–Trinajstić information content (AvgIpc) is 2.43. The molecule has 1 saturated carbocycles. The number of hydrogen-bond acceptors (Lipinski definition) is 3. The van der Waals surface area contributed by atoms with Gasteiger partial charge in [0.15, 0.2) is 5.67 Å². The first-order valence-corrected chi connectivity index (χ1v) is 7.31. The number of pyridine rings is 1. The number of fused-ring (bicyclic) bond motifs is 1. The lowest BCUT2D eigenvalue weighted by molar-refractivity contribution is -0.121. The molecule has 1 fully saturated rings. The summed E-state index contributed by atoms with van der Waals surface area (Å²) in [6.45, 7) is 0.823. The minimum Gasteiger partial charge on any atom is -0.471 e. The summed E-state index contributed by atoms with van der Waals surface area (Å²) in [5.41, 5.74) is 4.78. The van der Waals surface area contributed by atoms with Crippen molar-refractivity contribution >= 4 is 0 Å². The van der Waals surface area contributed by atoms with Crippen LogP contribution < -0.4 is 10.5 Å². The maximum Gasteiger partial charge on any atom is 0.249 e. The zero-order valence-electron chi connectivity index (χ0n) is 12.2. The second-order valence-corrected chi connectivity index (χ2v) is 6.37. The number of nitrogens with zero attached hydrogens (tertiary/aromatic N) is 1. The van der Waals surface area contributed by atoms with E-state index in [1.54, 1.807) is 0 Å². The maximum absolute atomic E-state index is 14.5. The van der Waals surface area contributed by atoms with Gasteiger partial charge in [-0.05, 0) is 31.4 Å². The molecule has 1 unspecified atom stereocenters. The van der Waals surface area contributed by atoms with Crippen molar-refractivity contribution in [2.45, 2.75) is 62.5 Å². The average molecular weight is 318 g/mol. The molecule has 1 aromatic heterocycles. The van der Waals surface area contributed by atoms with Gasteiger partial charge in [0.25, 0.3) is 0 Å². The Kier molecular flexibility index (Phi) is 3.58. The van der Waals surface area contributed by atoms with Crippen LogP contribution in [0.5, 0.6) is 5.88 Å². The quantitative estimate of drug-likeness (QED) is 0.870. The van der Waals surface area contributed by atoms with Crippen LogP contribution in [0.25, 0.3) is 0 Å². The van der Waals surface area contributed by atoms with Crippen molar-refractivity contribution in [1.82, 2.24) is 4.98 Å². The third-order valence-electron chi connectivity index (χ3n) is 4.41. The van der Waals surface area contributed by atoms with E-state index in [9.17, 15) is 17.6 Å². The van der Waals surface area contributed by atoms with Crippen molar-refractivity contribution in [3.05, 3.63) is 23.4 Å². The third-order valence-corrected chi connectivity index (χ3v) is 4.41. The highest BCUT2D eigenvalue weighted by atomic mass is 19.3. The van der Waals surface area contributed by atoms with Gasteiger partial charge in [-0.1, -0.05) is 0 Å². The van der Waals surface area contributed by atoms with Gasteiger partial charge in [-0.2, -0.15) is 0 Å². The van der Waals surface area contributed by atoms with E-state index >= 15 is 0 Å². The highest BCUT2D eigenvalue weighted by Gasteiger charge is 2.57. The molecular weight excluding hydrogens is 300 g/mol. The van der Waals surface area contributed by atoms with Crippen molar-refractivity contribution in [2.75, 3.05) is 0 Å². The van der Waals surface area contributed by atoms with Crippen molar-refractivity contribution in [2.24, 2.45) is 5.73 Å². The van der Waals surface area contributed by atoms with Gasteiger partial charge < -0.3 is 10.5 Å². The largest absolute Gasteiger partial charge is 0.471 e. The Balaban J connectivity index is 1.83. The van der Waals surface area contributed by atoms with E-state index in [-0.39, 0.29) is 25.1 Å². The lowest BCUT2D eigenvalue weighted by Crippen LogP contribution is -2.58. The van der Waals surface area contributed by atoms with E-state index in [4.69, 9.17) is 10.5 Å². The topological polar surface area (TPSA) is 48.1 Å². The van der Waals surface area contributed by atoms with Gasteiger partial charge in [0.1, 0.15) is 12.3 Å². The second-order valence-electron chi connectivity index (χ2n) is 6.37. The zero-order valence-corrected chi connectivity index (χ0v) is 12.2. The molecule has 4 atom stereocenters. The highest BCUT2D eigenvalue weighted by Crippen LogP contribution is 2.47. The Bertz CT molecular complexity index is 577.